The van der Waals surface area contributed by atoms with Crippen molar-refractivity contribution in [2.24, 2.45) is 0 Å². The largest absolute Gasteiger partial charge is 0.381 e. The fourth-order valence-electron chi connectivity index (χ4n) is 2.14. The summed E-state index contributed by atoms with van der Waals surface area (Å²) in [6.45, 7) is 0.652. The van der Waals surface area contributed by atoms with Gasteiger partial charge in [-0.1, -0.05) is 18.2 Å². The Labute approximate surface area is 111 Å². The van der Waals surface area contributed by atoms with Crippen LogP contribution < -0.4 is 5.32 Å². The Kier molecular flexibility index (Phi) is 2.91. The van der Waals surface area contributed by atoms with Gasteiger partial charge < -0.3 is 10.3 Å². The van der Waals surface area contributed by atoms with Crippen LogP contribution in [0.3, 0.4) is 0 Å². The molecule has 92 valence electrons. The van der Waals surface area contributed by atoms with E-state index < -0.39 is 0 Å². The van der Waals surface area contributed by atoms with Crippen molar-refractivity contribution in [2.45, 2.75) is 6.54 Å². The van der Waals surface area contributed by atoms with E-state index in [1.54, 1.807) is 0 Å². The Bertz CT molecular complexity index is 750. The van der Waals surface area contributed by atoms with E-state index in [0.29, 0.717) is 6.54 Å². The molecule has 0 aliphatic carbocycles. The number of hydrogen-bond acceptors (Lipinski definition) is 2. The maximum atomic E-state index is 9.05. The number of anilines is 1. The first kappa shape index (κ1) is 11.4. The lowest BCUT2D eigenvalue weighted by molar-refractivity contribution is 1.14. The average Bonchev–Trinajstić information content (AvgIpc) is 2.93. The highest BCUT2D eigenvalue weighted by Crippen LogP contribution is 2.19. The molecule has 0 bridgehead atoms. The van der Waals surface area contributed by atoms with Crippen LogP contribution in [0.2, 0.25) is 0 Å². The highest BCUT2D eigenvalue weighted by Gasteiger charge is 2.01. The molecule has 3 aromatic rings. The van der Waals surface area contributed by atoms with Gasteiger partial charge in [-0.25, -0.2) is 0 Å². The molecule has 3 heteroatoms. The Morgan fingerprint density at radius 3 is 2.89 bits per heavy atom. The van der Waals surface area contributed by atoms with E-state index in [9.17, 15) is 0 Å². The molecule has 0 saturated carbocycles. The van der Waals surface area contributed by atoms with Crippen LogP contribution in [-0.2, 0) is 6.54 Å². The predicted octanol–water partition coefficient (Wildman–Crippen LogP) is 3.65. The van der Waals surface area contributed by atoms with Gasteiger partial charge in [0.05, 0.1) is 11.6 Å². The Balaban J connectivity index is 1.80. The number of H-pyrrole nitrogens is 1. The summed E-state index contributed by atoms with van der Waals surface area (Å²) >= 11 is 0. The highest BCUT2D eigenvalue weighted by molar-refractivity contribution is 5.82. The van der Waals surface area contributed by atoms with Crippen molar-refractivity contribution in [3.8, 4) is 6.07 Å². The average molecular weight is 247 g/mol. The van der Waals surface area contributed by atoms with E-state index in [0.717, 1.165) is 22.3 Å². The molecule has 1 heterocycles. The Morgan fingerprint density at radius 1 is 1.11 bits per heavy atom. The van der Waals surface area contributed by atoms with Crippen LogP contribution >= 0.6 is 0 Å². The predicted molar refractivity (Wildman–Crippen MR) is 76.8 cm³/mol. The van der Waals surface area contributed by atoms with Crippen LogP contribution in [0, 0.1) is 11.3 Å². The number of fused-ring (bicyclic) bond motifs is 1. The zero-order chi connectivity index (χ0) is 13.1. The molecule has 0 spiro atoms. The van der Waals surface area contributed by atoms with Crippen LogP contribution in [0.25, 0.3) is 10.9 Å². The summed E-state index contributed by atoms with van der Waals surface area (Å²) in [6.07, 6.45) is 1.93. The summed E-state index contributed by atoms with van der Waals surface area (Å²) in [5.41, 5.74) is 3.92. The van der Waals surface area contributed by atoms with Crippen LogP contribution in [0.1, 0.15) is 11.1 Å². The van der Waals surface area contributed by atoms with Gasteiger partial charge in [0.1, 0.15) is 0 Å². The molecule has 0 unspecified atom stereocenters. The molecule has 3 nitrogen and oxygen atoms in total. The molecule has 0 atom stereocenters. The monoisotopic (exact) mass is 247 g/mol. The van der Waals surface area contributed by atoms with Crippen molar-refractivity contribution >= 4 is 16.6 Å². The Hall–Kier alpha value is -2.73. The molecule has 0 amide bonds. The van der Waals surface area contributed by atoms with E-state index in [4.69, 9.17) is 5.26 Å². The molecule has 0 fully saturated rings. The number of aromatic amines is 1. The van der Waals surface area contributed by atoms with Crippen molar-refractivity contribution in [3.05, 3.63) is 65.9 Å². The molecule has 19 heavy (non-hydrogen) atoms. The number of hydrogen-bond donors (Lipinski definition) is 2. The fraction of sp³-hybridized carbons (Fsp3) is 0.0625. The summed E-state index contributed by atoms with van der Waals surface area (Å²) in [5, 5.41) is 13.6. The van der Waals surface area contributed by atoms with Crippen molar-refractivity contribution < 1.29 is 0 Å². The molecule has 1 aromatic heterocycles. The first-order chi connectivity index (χ1) is 9.36. The fourth-order valence-corrected chi connectivity index (χ4v) is 2.14. The highest BCUT2D eigenvalue weighted by atomic mass is 14.9. The van der Waals surface area contributed by atoms with Gasteiger partial charge in [-0.2, -0.15) is 5.26 Å². The van der Waals surface area contributed by atoms with E-state index in [1.165, 1.54) is 5.39 Å². The number of nitrogens with zero attached hydrogens (tertiary/aromatic N) is 1. The molecule has 3 rings (SSSR count). The van der Waals surface area contributed by atoms with Gasteiger partial charge in [0.15, 0.2) is 0 Å². The quantitative estimate of drug-likeness (QED) is 0.742. The zero-order valence-corrected chi connectivity index (χ0v) is 10.4. The molecule has 0 aliphatic rings. The van der Waals surface area contributed by atoms with Crippen molar-refractivity contribution in [2.75, 3.05) is 5.32 Å². The van der Waals surface area contributed by atoms with Gasteiger partial charge >= 0.3 is 0 Å². The summed E-state index contributed by atoms with van der Waals surface area (Å²) < 4.78 is 0. The lowest BCUT2D eigenvalue weighted by Crippen LogP contribution is -2.01. The SMILES string of the molecule is N#Cc1ccccc1CNc1ccc2[nH]ccc2c1. The van der Waals surface area contributed by atoms with Crippen molar-refractivity contribution in [1.82, 2.24) is 4.98 Å². The lowest BCUT2D eigenvalue weighted by atomic mass is 10.1. The molecule has 0 aliphatic heterocycles. The third kappa shape index (κ3) is 2.29. The second kappa shape index (κ2) is 4.87. The second-order valence-corrected chi connectivity index (χ2v) is 4.40. The van der Waals surface area contributed by atoms with Gasteiger partial charge in [0.25, 0.3) is 0 Å². The number of nitriles is 1. The minimum Gasteiger partial charge on any atom is -0.381 e. The Morgan fingerprint density at radius 2 is 2.00 bits per heavy atom. The molecular formula is C16H13N3. The molecule has 0 radical (unpaired) electrons. The van der Waals surface area contributed by atoms with E-state index in [1.807, 2.05) is 48.7 Å². The summed E-state index contributed by atoms with van der Waals surface area (Å²) in [6, 6.07) is 18.1. The van der Waals surface area contributed by atoms with Crippen LogP contribution in [-0.4, -0.2) is 4.98 Å². The molecule has 0 saturated heterocycles. The van der Waals surface area contributed by atoms with Gasteiger partial charge in [-0.15, -0.1) is 0 Å². The lowest BCUT2D eigenvalue weighted by Gasteiger charge is -2.08. The number of benzene rings is 2. The number of rotatable bonds is 3. The normalized spacial score (nSPS) is 10.3. The first-order valence-electron chi connectivity index (χ1n) is 6.16. The maximum Gasteiger partial charge on any atom is 0.0995 e. The van der Waals surface area contributed by atoms with Crippen molar-refractivity contribution in [1.29, 1.82) is 5.26 Å². The third-order valence-electron chi connectivity index (χ3n) is 3.17. The summed E-state index contributed by atoms with van der Waals surface area (Å²) in [5.74, 6) is 0. The van der Waals surface area contributed by atoms with Crippen molar-refractivity contribution in [3.63, 3.8) is 0 Å². The smallest absolute Gasteiger partial charge is 0.0995 e. The van der Waals surface area contributed by atoms with Crippen LogP contribution in [0.15, 0.2) is 54.7 Å². The molecular weight excluding hydrogens is 234 g/mol. The van der Waals surface area contributed by atoms with Gasteiger partial charge in [-0.3, -0.25) is 0 Å². The van der Waals surface area contributed by atoms with E-state index in [-0.39, 0.29) is 0 Å². The van der Waals surface area contributed by atoms with E-state index >= 15 is 0 Å². The van der Waals surface area contributed by atoms with Gasteiger partial charge in [0.2, 0.25) is 0 Å². The second-order valence-electron chi connectivity index (χ2n) is 4.40. The topological polar surface area (TPSA) is 51.6 Å². The summed E-state index contributed by atoms with van der Waals surface area (Å²) in [4.78, 5) is 3.17. The molecule has 2 aromatic carbocycles. The van der Waals surface area contributed by atoms with Gasteiger partial charge in [0, 0.05) is 29.3 Å². The van der Waals surface area contributed by atoms with Crippen LogP contribution in [0.5, 0.6) is 0 Å². The summed E-state index contributed by atoms with van der Waals surface area (Å²) in [7, 11) is 0. The zero-order valence-electron chi connectivity index (χ0n) is 10.4. The van der Waals surface area contributed by atoms with Gasteiger partial charge in [-0.05, 0) is 35.9 Å². The maximum absolute atomic E-state index is 9.05. The minimum atomic E-state index is 0.652. The third-order valence-corrected chi connectivity index (χ3v) is 3.17. The van der Waals surface area contributed by atoms with Crippen LogP contribution in [0.4, 0.5) is 5.69 Å². The molecule has 2 N–H and O–H groups in total. The van der Waals surface area contributed by atoms with E-state index in [2.05, 4.69) is 22.4 Å². The first-order valence-corrected chi connectivity index (χ1v) is 6.16. The standard InChI is InChI=1S/C16H13N3/c17-10-13-3-1-2-4-14(13)11-19-15-5-6-16-12(9-15)7-8-18-16/h1-9,18-19H,11H2. The number of nitrogens with one attached hydrogen (secondary N) is 2. The number of aromatic nitrogens is 1. The minimum absolute atomic E-state index is 0.652.